The standard InChI is InChI=1S/C16H16F3NS/c1-20-13(8-11-6-7-12(17)9-15(11)19)10-21-16-5-3-2-4-14(16)18/h2-7,9,13,20H,8,10H2,1H3. The topological polar surface area (TPSA) is 12.0 Å². The van der Waals surface area contributed by atoms with Gasteiger partial charge in [-0.1, -0.05) is 18.2 Å². The molecule has 1 atom stereocenters. The van der Waals surface area contributed by atoms with Crippen LogP contribution in [0.1, 0.15) is 5.56 Å². The maximum Gasteiger partial charge on any atom is 0.136 e. The van der Waals surface area contributed by atoms with Crippen molar-refractivity contribution in [2.45, 2.75) is 17.4 Å². The van der Waals surface area contributed by atoms with Crippen LogP contribution in [0.4, 0.5) is 13.2 Å². The van der Waals surface area contributed by atoms with Gasteiger partial charge in [-0.3, -0.25) is 0 Å². The first-order valence-electron chi connectivity index (χ1n) is 6.58. The molecule has 1 N–H and O–H groups in total. The van der Waals surface area contributed by atoms with Gasteiger partial charge in [0, 0.05) is 22.8 Å². The maximum absolute atomic E-state index is 13.6. The first-order chi connectivity index (χ1) is 10.1. The molecule has 2 rings (SSSR count). The van der Waals surface area contributed by atoms with Crippen molar-refractivity contribution in [3.8, 4) is 0 Å². The summed E-state index contributed by atoms with van der Waals surface area (Å²) in [6.07, 6.45) is 0.421. The molecule has 2 aromatic carbocycles. The van der Waals surface area contributed by atoms with Gasteiger partial charge in [-0.05, 0) is 37.2 Å². The van der Waals surface area contributed by atoms with E-state index in [9.17, 15) is 13.2 Å². The molecule has 0 aromatic heterocycles. The van der Waals surface area contributed by atoms with E-state index in [2.05, 4.69) is 5.32 Å². The van der Waals surface area contributed by atoms with Crippen LogP contribution in [0.25, 0.3) is 0 Å². The van der Waals surface area contributed by atoms with Crippen LogP contribution < -0.4 is 5.32 Å². The molecule has 1 nitrogen and oxygen atoms in total. The third-order valence-corrected chi connectivity index (χ3v) is 4.38. The number of nitrogens with one attached hydrogen (secondary N) is 1. The Hall–Kier alpha value is -1.46. The van der Waals surface area contributed by atoms with Gasteiger partial charge in [0.2, 0.25) is 0 Å². The smallest absolute Gasteiger partial charge is 0.136 e. The third-order valence-electron chi connectivity index (χ3n) is 3.17. The quantitative estimate of drug-likeness (QED) is 0.809. The molecule has 0 bridgehead atoms. The SMILES string of the molecule is CNC(CSc1ccccc1F)Cc1ccc(F)cc1F. The fourth-order valence-corrected chi connectivity index (χ4v) is 3.00. The molecule has 0 heterocycles. The lowest BCUT2D eigenvalue weighted by Gasteiger charge is -2.16. The zero-order chi connectivity index (χ0) is 15.2. The number of likely N-dealkylation sites (N-methyl/N-ethyl adjacent to an activating group) is 1. The number of hydrogen-bond acceptors (Lipinski definition) is 2. The van der Waals surface area contributed by atoms with Gasteiger partial charge in [0.1, 0.15) is 17.5 Å². The average Bonchev–Trinajstić information content (AvgIpc) is 2.47. The molecule has 0 amide bonds. The molecule has 0 aliphatic carbocycles. The van der Waals surface area contributed by atoms with E-state index in [-0.39, 0.29) is 11.9 Å². The molecule has 21 heavy (non-hydrogen) atoms. The van der Waals surface area contributed by atoms with Gasteiger partial charge < -0.3 is 5.32 Å². The third kappa shape index (κ3) is 4.51. The van der Waals surface area contributed by atoms with Gasteiger partial charge in [0.05, 0.1) is 0 Å². The first-order valence-corrected chi connectivity index (χ1v) is 7.57. The van der Waals surface area contributed by atoms with Crippen LogP contribution in [0.3, 0.4) is 0 Å². The van der Waals surface area contributed by atoms with E-state index in [1.165, 1.54) is 30.0 Å². The van der Waals surface area contributed by atoms with Crippen molar-refractivity contribution in [2.75, 3.05) is 12.8 Å². The van der Waals surface area contributed by atoms with Crippen LogP contribution in [-0.4, -0.2) is 18.8 Å². The van der Waals surface area contributed by atoms with Crippen LogP contribution in [0.2, 0.25) is 0 Å². The maximum atomic E-state index is 13.6. The molecule has 0 radical (unpaired) electrons. The monoisotopic (exact) mass is 311 g/mol. The van der Waals surface area contributed by atoms with Crippen LogP contribution in [0.5, 0.6) is 0 Å². The highest BCUT2D eigenvalue weighted by Crippen LogP contribution is 2.23. The molecule has 1 unspecified atom stereocenters. The number of hydrogen-bond donors (Lipinski definition) is 1. The van der Waals surface area contributed by atoms with E-state index in [1.807, 2.05) is 0 Å². The van der Waals surface area contributed by atoms with Gasteiger partial charge in [0.15, 0.2) is 0 Å². The zero-order valence-electron chi connectivity index (χ0n) is 11.6. The molecular weight excluding hydrogens is 295 g/mol. The lowest BCUT2D eigenvalue weighted by Crippen LogP contribution is -2.30. The van der Waals surface area contributed by atoms with Crippen LogP contribution in [0, 0.1) is 17.5 Å². The second kappa shape index (κ2) is 7.52. The van der Waals surface area contributed by atoms with Crippen molar-refractivity contribution in [3.63, 3.8) is 0 Å². The average molecular weight is 311 g/mol. The second-order valence-electron chi connectivity index (χ2n) is 4.67. The molecule has 5 heteroatoms. The molecule has 0 aliphatic rings. The summed E-state index contributed by atoms with van der Waals surface area (Å²) < 4.78 is 40.1. The molecule has 112 valence electrons. The van der Waals surface area contributed by atoms with Crippen LogP contribution >= 0.6 is 11.8 Å². The van der Waals surface area contributed by atoms with Crippen LogP contribution in [-0.2, 0) is 6.42 Å². The molecule has 0 saturated carbocycles. The van der Waals surface area contributed by atoms with Crippen LogP contribution in [0.15, 0.2) is 47.4 Å². The minimum Gasteiger partial charge on any atom is -0.316 e. The predicted octanol–water partition coefficient (Wildman–Crippen LogP) is 4.03. The number of rotatable bonds is 6. The summed E-state index contributed by atoms with van der Waals surface area (Å²) in [6.45, 7) is 0. The fourth-order valence-electron chi connectivity index (χ4n) is 1.95. The highest BCUT2D eigenvalue weighted by atomic mass is 32.2. The van der Waals surface area contributed by atoms with Gasteiger partial charge in [-0.25, -0.2) is 13.2 Å². The fraction of sp³-hybridized carbons (Fsp3) is 0.250. The van der Waals surface area contributed by atoms with Crippen molar-refractivity contribution >= 4 is 11.8 Å². The lowest BCUT2D eigenvalue weighted by atomic mass is 10.1. The Morgan fingerprint density at radius 2 is 1.81 bits per heavy atom. The zero-order valence-corrected chi connectivity index (χ0v) is 12.4. The lowest BCUT2D eigenvalue weighted by molar-refractivity contribution is 0.549. The van der Waals surface area contributed by atoms with Gasteiger partial charge in [0.25, 0.3) is 0 Å². The largest absolute Gasteiger partial charge is 0.316 e. The van der Waals surface area contributed by atoms with E-state index in [0.717, 1.165) is 6.07 Å². The number of thioether (sulfide) groups is 1. The Morgan fingerprint density at radius 1 is 1.05 bits per heavy atom. The number of halogens is 3. The summed E-state index contributed by atoms with van der Waals surface area (Å²) in [5, 5.41) is 3.08. The molecular formula is C16H16F3NS. The normalized spacial score (nSPS) is 12.4. The predicted molar refractivity (Wildman–Crippen MR) is 80.0 cm³/mol. The summed E-state index contributed by atoms with van der Waals surface area (Å²) >= 11 is 1.37. The van der Waals surface area contributed by atoms with E-state index >= 15 is 0 Å². The summed E-state index contributed by atoms with van der Waals surface area (Å²) in [7, 11) is 1.77. The first kappa shape index (κ1) is 15.9. The summed E-state index contributed by atoms with van der Waals surface area (Å²) in [6, 6.07) is 10.1. The van der Waals surface area contributed by atoms with Crippen molar-refractivity contribution in [2.24, 2.45) is 0 Å². The minimum atomic E-state index is -0.585. The molecule has 0 aliphatic heterocycles. The molecule has 0 saturated heterocycles. The molecule has 0 fully saturated rings. The van der Waals surface area contributed by atoms with E-state index in [4.69, 9.17) is 0 Å². The highest BCUT2D eigenvalue weighted by Gasteiger charge is 2.13. The van der Waals surface area contributed by atoms with Crippen molar-refractivity contribution < 1.29 is 13.2 Å². The van der Waals surface area contributed by atoms with Gasteiger partial charge >= 0.3 is 0 Å². The van der Waals surface area contributed by atoms with Gasteiger partial charge in [-0.2, -0.15) is 0 Å². The summed E-state index contributed by atoms with van der Waals surface area (Å²) in [4.78, 5) is 0.567. The molecule has 2 aromatic rings. The Bertz CT molecular complexity index is 604. The Kier molecular flexibility index (Phi) is 5.70. The molecule has 0 spiro atoms. The summed E-state index contributed by atoms with van der Waals surface area (Å²) in [5.74, 6) is -0.803. The van der Waals surface area contributed by atoms with E-state index < -0.39 is 11.6 Å². The Morgan fingerprint density at radius 3 is 2.48 bits per heavy atom. The van der Waals surface area contributed by atoms with Crippen molar-refractivity contribution in [1.82, 2.24) is 5.32 Å². The minimum absolute atomic E-state index is 0.0328. The Balaban J connectivity index is 1.99. The van der Waals surface area contributed by atoms with E-state index in [0.29, 0.717) is 22.6 Å². The van der Waals surface area contributed by atoms with Gasteiger partial charge in [-0.15, -0.1) is 11.8 Å². The highest BCUT2D eigenvalue weighted by molar-refractivity contribution is 7.99. The Labute approximate surface area is 126 Å². The van der Waals surface area contributed by atoms with Crippen molar-refractivity contribution in [1.29, 1.82) is 0 Å². The number of benzene rings is 2. The van der Waals surface area contributed by atoms with E-state index in [1.54, 1.807) is 25.2 Å². The van der Waals surface area contributed by atoms with Crippen molar-refractivity contribution in [3.05, 3.63) is 65.5 Å². The second-order valence-corrected chi connectivity index (χ2v) is 5.73. The summed E-state index contributed by atoms with van der Waals surface area (Å²) in [5.41, 5.74) is 0.449.